The first-order chi connectivity index (χ1) is 12.1. The second-order valence-corrected chi connectivity index (χ2v) is 5.76. The zero-order chi connectivity index (χ0) is 17.6. The SMILES string of the molecule is Nc1ncc(-c2cccc(Cl)c2)nc1C(=O)NCCc1ccccn1. The van der Waals surface area contributed by atoms with Crippen LogP contribution in [0.3, 0.4) is 0 Å². The molecule has 0 aliphatic rings. The molecule has 25 heavy (non-hydrogen) atoms. The molecule has 6 nitrogen and oxygen atoms in total. The van der Waals surface area contributed by atoms with E-state index in [9.17, 15) is 4.79 Å². The molecule has 0 bridgehead atoms. The highest BCUT2D eigenvalue weighted by atomic mass is 35.5. The summed E-state index contributed by atoms with van der Waals surface area (Å²) in [5.74, 6) is -0.286. The van der Waals surface area contributed by atoms with E-state index in [4.69, 9.17) is 17.3 Å². The van der Waals surface area contributed by atoms with Gasteiger partial charge in [0.1, 0.15) is 0 Å². The average molecular weight is 354 g/mol. The standard InChI is InChI=1S/C18H16ClN5O/c19-13-5-3-4-12(10-13)15-11-23-17(20)16(24-15)18(25)22-9-7-14-6-1-2-8-21-14/h1-6,8,10-11H,7,9H2,(H2,20,23)(H,22,25). The molecule has 0 radical (unpaired) electrons. The summed E-state index contributed by atoms with van der Waals surface area (Å²) in [6.07, 6.45) is 3.86. The Bertz CT molecular complexity index is 886. The van der Waals surface area contributed by atoms with Crippen molar-refractivity contribution in [2.75, 3.05) is 12.3 Å². The van der Waals surface area contributed by atoms with Crippen LogP contribution in [0.2, 0.25) is 5.02 Å². The highest BCUT2D eigenvalue weighted by Crippen LogP contribution is 2.21. The molecule has 0 aliphatic heterocycles. The molecule has 0 saturated carbocycles. The number of pyridine rings is 1. The summed E-state index contributed by atoms with van der Waals surface area (Å²) in [4.78, 5) is 25.0. The van der Waals surface area contributed by atoms with Gasteiger partial charge < -0.3 is 11.1 Å². The molecule has 2 aromatic heterocycles. The fraction of sp³-hybridized carbons (Fsp3) is 0.111. The molecule has 0 saturated heterocycles. The lowest BCUT2D eigenvalue weighted by Crippen LogP contribution is -2.28. The van der Waals surface area contributed by atoms with E-state index in [1.807, 2.05) is 30.3 Å². The largest absolute Gasteiger partial charge is 0.382 e. The Morgan fingerprint density at radius 1 is 1.16 bits per heavy atom. The molecular weight excluding hydrogens is 338 g/mol. The highest BCUT2D eigenvalue weighted by molar-refractivity contribution is 6.30. The maximum absolute atomic E-state index is 12.4. The van der Waals surface area contributed by atoms with Gasteiger partial charge in [0.15, 0.2) is 11.5 Å². The summed E-state index contributed by atoms with van der Waals surface area (Å²) < 4.78 is 0. The van der Waals surface area contributed by atoms with Crippen molar-refractivity contribution in [3.05, 3.63) is 71.3 Å². The van der Waals surface area contributed by atoms with Crippen LogP contribution in [0.15, 0.2) is 54.9 Å². The number of aromatic nitrogens is 3. The van der Waals surface area contributed by atoms with Crippen LogP contribution in [0.25, 0.3) is 11.3 Å². The number of anilines is 1. The number of nitrogens with zero attached hydrogens (tertiary/aromatic N) is 3. The topological polar surface area (TPSA) is 93.8 Å². The van der Waals surface area contributed by atoms with Gasteiger partial charge in [-0.15, -0.1) is 0 Å². The lowest BCUT2D eigenvalue weighted by atomic mass is 10.1. The summed E-state index contributed by atoms with van der Waals surface area (Å²) in [5, 5.41) is 3.37. The summed E-state index contributed by atoms with van der Waals surface area (Å²) in [6, 6.07) is 12.8. The van der Waals surface area contributed by atoms with Crippen LogP contribution in [0.4, 0.5) is 5.82 Å². The van der Waals surface area contributed by atoms with E-state index in [0.717, 1.165) is 11.3 Å². The van der Waals surface area contributed by atoms with Crippen LogP contribution < -0.4 is 11.1 Å². The number of carbonyl (C=O) groups excluding carboxylic acids is 1. The number of amides is 1. The number of nitrogens with two attached hydrogens (primary N) is 1. The highest BCUT2D eigenvalue weighted by Gasteiger charge is 2.14. The molecular formula is C18H16ClN5O. The number of carbonyl (C=O) groups is 1. The van der Waals surface area contributed by atoms with Gasteiger partial charge in [0.05, 0.1) is 11.9 Å². The van der Waals surface area contributed by atoms with Crippen molar-refractivity contribution in [2.24, 2.45) is 0 Å². The Kier molecular flexibility index (Phi) is 5.20. The number of nitrogen functional groups attached to an aromatic ring is 1. The average Bonchev–Trinajstić information content (AvgIpc) is 2.63. The van der Waals surface area contributed by atoms with E-state index in [1.165, 1.54) is 6.20 Å². The molecule has 2 heterocycles. The van der Waals surface area contributed by atoms with E-state index >= 15 is 0 Å². The summed E-state index contributed by atoms with van der Waals surface area (Å²) in [7, 11) is 0. The van der Waals surface area contributed by atoms with Gasteiger partial charge in [0, 0.05) is 35.4 Å². The normalized spacial score (nSPS) is 10.4. The Morgan fingerprint density at radius 2 is 2.04 bits per heavy atom. The molecule has 0 unspecified atom stereocenters. The van der Waals surface area contributed by atoms with Gasteiger partial charge in [-0.1, -0.05) is 29.8 Å². The van der Waals surface area contributed by atoms with Gasteiger partial charge in [-0.2, -0.15) is 0 Å². The van der Waals surface area contributed by atoms with E-state index in [1.54, 1.807) is 18.3 Å². The summed E-state index contributed by atoms with van der Waals surface area (Å²) in [6.45, 7) is 0.429. The van der Waals surface area contributed by atoms with E-state index < -0.39 is 0 Å². The molecule has 126 valence electrons. The third-order valence-corrected chi connectivity index (χ3v) is 3.76. The van der Waals surface area contributed by atoms with E-state index in [2.05, 4.69) is 20.3 Å². The Labute approximate surface area is 150 Å². The van der Waals surface area contributed by atoms with Crippen molar-refractivity contribution in [1.29, 1.82) is 0 Å². The summed E-state index contributed by atoms with van der Waals surface area (Å²) in [5.41, 5.74) is 8.10. The number of nitrogens with one attached hydrogen (secondary N) is 1. The Morgan fingerprint density at radius 3 is 2.80 bits per heavy atom. The molecule has 3 rings (SSSR count). The third-order valence-electron chi connectivity index (χ3n) is 3.53. The molecule has 3 N–H and O–H groups in total. The quantitative estimate of drug-likeness (QED) is 0.735. The first-order valence-electron chi connectivity index (χ1n) is 7.70. The minimum absolute atomic E-state index is 0.0844. The zero-order valence-electron chi connectivity index (χ0n) is 13.3. The van der Waals surface area contributed by atoms with Crippen LogP contribution in [0.5, 0.6) is 0 Å². The third kappa shape index (κ3) is 4.30. The zero-order valence-corrected chi connectivity index (χ0v) is 14.1. The Hall–Kier alpha value is -2.99. The number of halogens is 1. The first-order valence-corrected chi connectivity index (χ1v) is 8.08. The molecule has 0 spiro atoms. The maximum Gasteiger partial charge on any atom is 0.273 e. The Balaban J connectivity index is 1.72. The molecule has 7 heteroatoms. The summed E-state index contributed by atoms with van der Waals surface area (Å²) >= 11 is 6.00. The van der Waals surface area contributed by atoms with Crippen molar-refractivity contribution >= 4 is 23.3 Å². The van der Waals surface area contributed by atoms with Crippen molar-refractivity contribution in [2.45, 2.75) is 6.42 Å². The number of hydrogen-bond donors (Lipinski definition) is 2. The lowest BCUT2D eigenvalue weighted by Gasteiger charge is -2.08. The second-order valence-electron chi connectivity index (χ2n) is 5.33. The molecule has 0 atom stereocenters. The number of rotatable bonds is 5. The van der Waals surface area contributed by atoms with Gasteiger partial charge >= 0.3 is 0 Å². The smallest absolute Gasteiger partial charge is 0.273 e. The van der Waals surface area contributed by atoms with Crippen molar-refractivity contribution in [3.63, 3.8) is 0 Å². The van der Waals surface area contributed by atoms with Crippen LogP contribution in [0.1, 0.15) is 16.2 Å². The minimum atomic E-state index is -0.371. The molecule has 0 fully saturated rings. The number of benzene rings is 1. The maximum atomic E-state index is 12.4. The van der Waals surface area contributed by atoms with Crippen LogP contribution in [0, 0.1) is 0 Å². The molecule has 0 aliphatic carbocycles. The predicted octanol–water partition coefficient (Wildman–Crippen LogP) is 2.75. The van der Waals surface area contributed by atoms with Gasteiger partial charge in [0.25, 0.3) is 5.91 Å². The van der Waals surface area contributed by atoms with Gasteiger partial charge in [0.2, 0.25) is 0 Å². The first kappa shape index (κ1) is 16.9. The van der Waals surface area contributed by atoms with Crippen LogP contribution in [-0.2, 0) is 6.42 Å². The van der Waals surface area contributed by atoms with Crippen molar-refractivity contribution in [3.8, 4) is 11.3 Å². The molecule has 1 amide bonds. The second kappa shape index (κ2) is 7.72. The van der Waals surface area contributed by atoms with Gasteiger partial charge in [-0.05, 0) is 24.3 Å². The lowest BCUT2D eigenvalue weighted by molar-refractivity contribution is 0.0950. The van der Waals surface area contributed by atoms with Gasteiger partial charge in [-0.3, -0.25) is 9.78 Å². The van der Waals surface area contributed by atoms with E-state index in [0.29, 0.717) is 23.7 Å². The van der Waals surface area contributed by atoms with Crippen LogP contribution in [-0.4, -0.2) is 27.4 Å². The van der Waals surface area contributed by atoms with Crippen LogP contribution >= 0.6 is 11.6 Å². The molecule has 1 aromatic carbocycles. The predicted molar refractivity (Wildman–Crippen MR) is 97.2 cm³/mol. The van der Waals surface area contributed by atoms with Crippen molar-refractivity contribution in [1.82, 2.24) is 20.3 Å². The van der Waals surface area contributed by atoms with Gasteiger partial charge in [-0.25, -0.2) is 9.97 Å². The van der Waals surface area contributed by atoms with Crippen molar-refractivity contribution < 1.29 is 4.79 Å². The number of hydrogen-bond acceptors (Lipinski definition) is 5. The fourth-order valence-electron chi connectivity index (χ4n) is 2.29. The van der Waals surface area contributed by atoms with E-state index in [-0.39, 0.29) is 17.4 Å². The minimum Gasteiger partial charge on any atom is -0.382 e. The fourth-order valence-corrected chi connectivity index (χ4v) is 2.48. The monoisotopic (exact) mass is 353 g/mol. The molecule has 3 aromatic rings.